The molecular weight excluding hydrogens is 274 g/mol. The van der Waals surface area contributed by atoms with E-state index in [1.165, 1.54) is 0 Å². The first-order valence-electron chi connectivity index (χ1n) is 8.37. The number of nitrogens with zero attached hydrogens (tertiary/aromatic N) is 2. The molecule has 1 aromatic rings. The van der Waals surface area contributed by atoms with Crippen LogP contribution in [0.3, 0.4) is 0 Å². The van der Waals surface area contributed by atoms with E-state index in [-0.39, 0.29) is 11.8 Å². The largest absolute Gasteiger partial charge is 0.357 e. The van der Waals surface area contributed by atoms with Crippen LogP contribution in [0.4, 0.5) is 5.82 Å². The molecule has 0 saturated heterocycles. The SMILES string of the molecule is CCN(CC)c1ncccc1CNC(=O)[C@@H]1C[C@@H]2C=C[C@H]1C2. The maximum Gasteiger partial charge on any atom is 0.223 e. The van der Waals surface area contributed by atoms with Gasteiger partial charge in [-0.05, 0) is 44.6 Å². The monoisotopic (exact) mass is 299 g/mol. The van der Waals surface area contributed by atoms with Crippen LogP contribution in [0, 0.1) is 17.8 Å². The number of pyridine rings is 1. The molecule has 0 aliphatic heterocycles. The minimum atomic E-state index is 0.170. The van der Waals surface area contributed by atoms with Gasteiger partial charge in [-0.1, -0.05) is 18.2 Å². The number of carbonyl (C=O) groups excluding carboxylic acids is 1. The van der Waals surface area contributed by atoms with Crippen LogP contribution in [0.1, 0.15) is 32.3 Å². The standard InChI is InChI=1S/C18H25N3O/c1-3-21(4-2)17-15(6-5-9-19-17)12-20-18(22)16-11-13-7-8-14(16)10-13/h5-9,13-14,16H,3-4,10-12H2,1-2H3,(H,20,22)/t13-,14+,16-/m1/s1. The third-order valence-electron chi connectivity index (χ3n) is 5.00. The molecule has 0 aromatic carbocycles. The number of amides is 1. The Hall–Kier alpha value is -1.84. The number of hydrogen-bond acceptors (Lipinski definition) is 3. The summed E-state index contributed by atoms with van der Waals surface area (Å²) in [5.74, 6) is 2.45. The Morgan fingerprint density at radius 2 is 2.14 bits per heavy atom. The highest BCUT2D eigenvalue weighted by Crippen LogP contribution is 2.43. The summed E-state index contributed by atoms with van der Waals surface area (Å²) >= 11 is 0. The normalized spacial score (nSPS) is 25.5. The van der Waals surface area contributed by atoms with Crippen LogP contribution in [0.15, 0.2) is 30.5 Å². The molecule has 0 spiro atoms. The Kier molecular flexibility index (Phi) is 4.46. The van der Waals surface area contributed by atoms with Gasteiger partial charge in [-0.2, -0.15) is 0 Å². The van der Waals surface area contributed by atoms with Gasteiger partial charge >= 0.3 is 0 Å². The van der Waals surface area contributed by atoms with E-state index in [0.717, 1.165) is 37.3 Å². The smallest absolute Gasteiger partial charge is 0.223 e. The summed E-state index contributed by atoms with van der Waals surface area (Å²) in [6.45, 7) is 6.66. The highest BCUT2D eigenvalue weighted by molar-refractivity contribution is 5.80. The van der Waals surface area contributed by atoms with Crippen LogP contribution in [-0.2, 0) is 11.3 Å². The number of allylic oxidation sites excluding steroid dienone is 2. The second kappa shape index (κ2) is 6.51. The molecule has 118 valence electrons. The fraction of sp³-hybridized carbons (Fsp3) is 0.556. The van der Waals surface area contributed by atoms with Crippen molar-refractivity contribution in [3.8, 4) is 0 Å². The molecule has 1 aromatic heterocycles. The molecule has 2 bridgehead atoms. The van der Waals surface area contributed by atoms with Crippen molar-refractivity contribution in [1.29, 1.82) is 0 Å². The molecule has 4 heteroatoms. The van der Waals surface area contributed by atoms with Gasteiger partial charge in [0.25, 0.3) is 0 Å². The zero-order valence-electron chi connectivity index (χ0n) is 13.5. The lowest BCUT2D eigenvalue weighted by molar-refractivity contribution is -0.125. The van der Waals surface area contributed by atoms with Crippen molar-refractivity contribution in [3.63, 3.8) is 0 Å². The molecule has 0 radical (unpaired) electrons. The van der Waals surface area contributed by atoms with Gasteiger partial charge in [-0.15, -0.1) is 0 Å². The fourth-order valence-corrected chi connectivity index (χ4v) is 3.77. The average molecular weight is 299 g/mol. The van der Waals surface area contributed by atoms with Crippen molar-refractivity contribution in [2.45, 2.75) is 33.2 Å². The zero-order valence-corrected chi connectivity index (χ0v) is 13.5. The molecule has 1 heterocycles. The van der Waals surface area contributed by atoms with Crippen molar-refractivity contribution in [2.75, 3.05) is 18.0 Å². The van der Waals surface area contributed by atoms with E-state index in [2.05, 4.69) is 47.3 Å². The molecule has 2 aliphatic carbocycles. The van der Waals surface area contributed by atoms with Gasteiger partial charge in [0, 0.05) is 37.3 Å². The van der Waals surface area contributed by atoms with E-state index in [9.17, 15) is 4.79 Å². The molecule has 4 nitrogen and oxygen atoms in total. The van der Waals surface area contributed by atoms with Crippen LogP contribution < -0.4 is 10.2 Å². The van der Waals surface area contributed by atoms with E-state index in [1.54, 1.807) is 0 Å². The Balaban J connectivity index is 1.64. The van der Waals surface area contributed by atoms with Crippen LogP contribution in [0.2, 0.25) is 0 Å². The molecule has 1 fully saturated rings. The van der Waals surface area contributed by atoms with Gasteiger partial charge in [0.2, 0.25) is 5.91 Å². The third-order valence-corrected chi connectivity index (χ3v) is 5.00. The molecule has 1 N–H and O–H groups in total. The molecular formula is C18H25N3O. The van der Waals surface area contributed by atoms with Crippen LogP contribution >= 0.6 is 0 Å². The first-order valence-corrected chi connectivity index (χ1v) is 8.37. The number of carbonyl (C=O) groups is 1. The molecule has 2 aliphatic rings. The summed E-state index contributed by atoms with van der Waals surface area (Å²) < 4.78 is 0. The summed E-state index contributed by atoms with van der Waals surface area (Å²) in [4.78, 5) is 19.2. The van der Waals surface area contributed by atoms with E-state index in [4.69, 9.17) is 0 Å². The molecule has 0 unspecified atom stereocenters. The summed E-state index contributed by atoms with van der Waals surface area (Å²) in [7, 11) is 0. The number of fused-ring (bicyclic) bond motifs is 2. The predicted octanol–water partition coefficient (Wildman–Crippen LogP) is 2.76. The maximum atomic E-state index is 12.4. The number of nitrogens with one attached hydrogen (secondary N) is 1. The lowest BCUT2D eigenvalue weighted by atomic mass is 9.93. The minimum Gasteiger partial charge on any atom is -0.357 e. The number of rotatable bonds is 6. The van der Waals surface area contributed by atoms with Crippen LogP contribution in [-0.4, -0.2) is 24.0 Å². The van der Waals surface area contributed by atoms with Crippen molar-refractivity contribution in [1.82, 2.24) is 10.3 Å². The first-order chi connectivity index (χ1) is 10.7. The third kappa shape index (κ3) is 2.87. The summed E-state index contributed by atoms with van der Waals surface area (Å²) in [6.07, 6.45) is 8.50. The predicted molar refractivity (Wildman–Crippen MR) is 88.5 cm³/mol. The summed E-state index contributed by atoms with van der Waals surface area (Å²) in [5.41, 5.74) is 1.10. The Morgan fingerprint density at radius 1 is 1.32 bits per heavy atom. The van der Waals surface area contributed by atoms with Gasteiger partial charge < -0.3 is 10.2 Å². The Labute approximate surface area is 132 Å². The average Bonchev–Trinajstić information content (AvgIpc) is 3.18. The highest BCUT2D eigenvalue weighted by Gasteiger charge is 2.39. The quantitative estimate of drug-likeness (QED) is 0.822. The van der Waals surface area contributed by atoms with Crippen molar-refractivity contribution in [3.05, 3.63) is 36.0 Å². The number of aromatic nitrogens is 1. The first kappa shape index (κ1) is 15.1. The molecule has 3 atom stereocenters. The van der Waals surface area contributed by atoms with Crippen molar-refractivity contribution < 1.29 is 4.79 Å². The second-order valence-electron chi connectivity index (χ2n) is 6.26. The van der Waals surface area contributed by atoms with E-state index in [0.29, 0.717) is 18.4 Å². The van der Waals surface area contributed by atoms with E-state index >= 15 is 0 Å². The van der Waals surface area contributed by atoms with E-state index < -0.39 is 0 Å². The molecule has 3 rings (SSSR count). The fourth-order valence-electron chi connectivity index (χ4n) is 3.77. The Morgan fingerprint density at radius 3 is 2.77 bits per heavy atom. The lowest BCUT2D eigenvalue weighted by Crippen LogP contribution is -2.33. The van der Waals surface area contributed by atoms with Crippen LogP contribution in [0.5, 0.6) is 0 Å². The Bertz CT molecular complexity index is 565. The minimum absolute atomic E-state index is 0.170. The van der Waals surface area contributed by atoms with Crippen molar-refractivity contribution in [2.24, 2.45) is 17.8 Å². The van der Waals surface area contributed by atoms with Crippen LogP contribution in [0.25, 0.3) is 0 Å². The molecule has 22 heavy (non-hydrogen) atoms. The summed E-state index contributed by atoms with van der Waals surface area (Å²) in [5, 5.41) is 3.13. The van der Waals surface area contributed by atoms with Gasteiger partial charge in [-0.3, -0.25) is 4.79 Å². The molecule has 1 amide bonds. The molecule has 1 saturated carbocycles. The van der Waals surface area contributed by atoms with Gasteiger partial charge in [0.05, 0.1) is 0 Å². The second-order valence-corrected chi connectivity index (χ2v) is 6.26. The van der Waals surface area contributed by atoms with Gasteiger partial charge in [-0.25, -0.2) is 4.98 Å². The lowest BCUT2D eigenvalue weighted by Gasteiger charge is -2.23. The van der Waals surface area contributed by atoms with Gasteiger partial charge in [0.1, 0.15) is 5.82 Å². The topological polar surface area (TPSA) is 45.2 Å². The zero-order chi connectivity index (χ0) is 15.5. The maximum absolute atomic E-state index is 12.4. The number of anilines is 1. The summed E-state index contributed by atoms with van der Waals surface area (Å²) in [6, 6.07) is 4.00. The van der Waals surface area contributed by atoms with Gasteiger partial charge in [0.15, 0.2) is 0 Å². The van der Waals surface area contributed by atoms with Crippen molar-refractivity contribution >= 4 is 11.7 Å². The van der Waals surface area contributed by atoms with E-state index in [1.807, 2.05) is 12.3 Å². The number of hydrogen-bond donors (Lipinski definition) is 1. The highest BCUT2D eigenvalue weighted by atomic mass is 16.1.